The van der Waals surface area contributed by atoms with Crippen LogP contribution in [0.3, 0.4) is 0 Å². The summed E-state index contributed by atoms with van der Waals surface area (Å²) in [6.07, 6.45) is 3.04. The Kier molecular flexibility index (Phi) is 6.66. The minimum absolute atomic E-state index is 0. The third-order valence-electron chi connectivity index (χ3n) is 3.88. The number of benzene rings is 1. The number of hydrogen-bond donors (Lipinski definition) is 1. The van der Waals surface area contributed by atoms with E-state index in [0.29, 0.717) is 6.04 Å². The molecule has 22 heavy (non-hydrogen) atoms. The molecule has 0 aliphatic carbocycles. The maximum Gasteiger partial charge on any atom is 0.0925 e. The van der Waals surface area contributed by atoms with Crippen LogP contribution in [-0.2, 0) is 13.0 Å². The van der Waals surface area contributed by atoms with Gasteiger partial charge >= 0.3 is 0 Å². The fourth-order valence-electron chi connectivity index (χ4n) is 2.77. The molecule has 3 nitrogen and oxygen atoms in total. The van der Waals surface area contributed by atoms with Gasteiger partial charge in [0.25, 0.3) is 0 Å². The zero-order chi connectivity index (χ0) is 14.7. The molecule has 120 valence electrons. The first-order valence-corrected chi connectivity index (χ1v) is 8.60. The molecule has 1 aromatic heterocycles. The van der Waals surface area contributed by atoms with Crippen molar-refractivity contribution in [3.63, 3.8) is 0 Å². The SMILES string of the molecule is CCc1ncc(CN2CCNCC2c2ccccc2Cl)s1.Cl. The van der Waals surface area contributed by atoms with E-state index >= 15 is 0 Å². The van der Waals surface area contributed by atoms with E-state index in [-0.39, 0.29) is 12.4 Å². The lowest BCUT2D eigenvalue weighted by Gasteiger charge is -2.36. The minimum atomic E-state index is 0. The lowest BCUT2D eigenvalue weighted by atomic mass is 10.0. The van der Waals surface area contributed by atoms with Crippen molar-refractivity contribution in [2.45, 2.75) is 25.9 Å². The molecule has 2 aromatic rings. The molecule has 1 saturated heterocycles. The van der Waals surface area contributed by atoms with Gasteiger partial charge in [0.15, 0.2) is 0 Å². The van der Waals surface area contributed by atoms with Crippen molar-refractivity contribution in [3.8, 4) is 0 Å². The van der Waals surface area contributed by atoms with E-state index in [1.165, 1.54) is 15.4 Å². The summed E-state index contributed by atoms with van der Waals surface area (Å²) in [4.78, 5) is 8.31. The van der Waals surface area contributed by atoms with Crippen molar-refractivity contribution >= 4 is 35.3 Å². The second-order valence-corrected chi connectivity index (χ2v) is 6.89. The predicted molar refractivity (Wildman–Crippen MR) is 96.2 cm³/mol. The average molecular weight is 358 g/mol. The van der Waals surface area contributed by atoms with Gasteiger partial charge in [-0.2, -0.15) is 0 Å². The summed E-state index contributed by atoms with van der Waals surface area (Å²) in [7, 11) is 0. The largest absolute Gasteiger partial charge is 0.314 e. The molecule has 1 unspecified atom stereocenters. The number of halogens is 2. The number of hydrogen-bond acceptors (Lipinski definition) is 4. The number of piperazine rings is 1. The quantitative estimate of drug-likeness (QED) is 0.898. The van der Waals surface area contributed by atoms with Gasteiger partial charge in [-0.05, 0) is 18.1 Å². The summed E-state index contributed by atoms with van der Waals surface area (Å²) in [5, 5.41) is 5.55. The molecule has 0 radical (unpaired) electrons. The van der Waals surface area contributed by atoms with E-state index in [1.807, 2.05) is 29.7 Å². The minimum Gasteiger partial charge on any atom is -0.314 e. The Morgan fingerprint density at radius 3 is 2.95 bits per heavy atom. The number of aromatic nitrogens is 1. The molecule has 1 aliphatic rings. The van der Waals surface area contributed by atoms with Gasteiger partial charge in [0.2, 0.25) is 0 Å². The smallest absolute Gasteiger partial charge is 0.0925 e. The molecule has 1 N–H and O–H groups in total. The topological polar surface area (TPSA) is 28.2 Å². The van der Waals surface area contributed by atoms with E-state index in [1.54, 1.807) is 0 Å². The maximum atomic E-state index is 6.39. The highest BCUT2D eigenvalue weighted by atomic mass is 35.5. The standard InChI is InChI=1S/C16H20ClN3S.ClH/c1-2-16-19-9-12(21-16)11-20-8-7-18-10-15(20)13-5-3-4-6-14(13)17;/h3-6,9,15,18H,2,7-8,10-11H2,1H3;1H. The van der Waals surface area contributed by atoms with Crippen LogP contribution >= 0.6 is 35.3 Å². The zero-order valence-corrected chi connectivity index (χ0v) is 15.0. The molecule has 6 heteroatoms. The summed E-state index contributed by atoms with van der Waals surface area (Å²) >= 11 is 8.21. The van der Waals surface area contributed by atoms with Crippen LogP contribution in [0.1, 0.15) is 28.4 Å². The number of thiazole rings is 1. The van der Waals surface area contributed by atoms with Crippen molar-refractivity contribution in [1.29, 1.82) is 0 Å². The Morgan fingerprint density at radius 1 is 1.41 bits per heavy atom. The van der Waals surface area contributed by atoms with Crippen molar-refractivity contribution in [2.24, 2.45) is 0 Å². The van der Waals surface area contributed by atoms with Crippen molar-refractivity contribution in [2.75, 3.05) is 19.6 Å². The third-order valence-corrected chi connectivity index (χ3v) is 5.35. The zero-order valence-electron chi connectivity index (χ0n) is 12.6. The Balaban J connectivity index is 0.00000176. The highest BCUT2D eigenvalue weighted by molar-refractivity contribution is 7.11. The second kappa shape index (κ2) is 8.27. The molecule has 0 saturated carbocycles. The van der Waals surface area contributed by atoms with Crippen LogP contribution in [-0.4, -0.2) is 29.5 Å². The Morgan fingerprint density at radius 2 is 2.23 bits per heavy atom. The number of nitrogens with one attached hydrogen (secondary N) is 1. The summed E-state index contributed by atoms with van der Waals surface area (Å²) in [6.45, 7) is 6.12. The molecule has 1 aromatic carbocycles. The van der Waals surface area contributed by atoms with E-state index in [2.05, 4.69) is 34.3 Å². The van der Waals surface area contributed by atoms with Crippen LogP contribution < -0.4 is 5.32 Å². The van der Waals surface area contributed by atoms with Crippen LogP contribution in [0.25, 0.3) is 0 Å². The van der Waals surface area contributed by atoms with Gasteiger partial charge in [0.1, 0.15) is 0 Å². The molecule has 0 bridgehead atoms. The Labute approximate surface area is 147 Å². The van der Waals surface area contributed by atoms with Gasteiger partial charge in [-0.3, -0.25) is 4.90 Å². The van der Waals surface area contributed by atoms with Gasteiger partial charge in [-0.15, -0.1) is 23.7 Å². The first-order valence-electron chi connectivity index (χ1n) is 7.40. The molecule has 2 heterocycles. The van der Waals surface area contributed by atoms with E-state index in [9.17, 15) is 0 Å². The molecule has 1 fully saturated rings. The highest BCUT2D eigenvalue weighted by Crippen LogP contribution is 2.30. The van der Waals surface area contributed by atoms with Crippen LogP contribution in [0.15, 0.2) is 30.5 Å². The summed E-state index contributed by atoms with van der Waals surface area (Å²) in [5.41, 5.74) is 1.21. The Hall–Kier alpha value is -0.650. The molecule has 1 aliphatic heterocycles. The van der Waals surface area contributed by atoms with Crippen LogP contribution in [0.4, 0.5) is 0 Å². The third kappa shape index (κ3) is 4.00. The van der Waals surface area contributed by atoms with E-state index in [4.69, 9.17) is 11.6 Å². The van der Waals surface area contributed by atoms with Gasteiger partial charge in [-0.25, -0.2) is 4.98 Å². The lowest BCUT2D eigenvalue weighted by Crippen LogP contribution is -2.45. The van der Waals surface area contributed by atoms with E-state index < -0.39 is 0 Å². The van der Waals surface area contributed by atoms with Crippen LogP contribution in [0.2, 0.25) is 5.02 Å². The first-order chi connectivity index (χ1) is 10.3. The Bertz CT molecular complexity index is 603. The number of rotatable bonds is 4. The summed E-state index contributed by atoms with van der Waals surface area (Å²) < 4.78 is 0. The molecule has 1 atom stereocenters. The average Bonchev–Trinajstić information content (AvgIpc) is 2.96. The van der Waals surface area contributed by atoms with Crippen molar-refractivity contribution < 1.29 is 0 Å². The molecular formula is C16H21Cl2N3S. The fraction of sp³-hybridized carbons (Fsp3) is 0.438. The predicted octanol–water partition coefficient (Wildman–Crippen LogP) is 3.93. The normalized spacial score (nSPS) is 18.9. The van der Waals surface area contributed by atoms with Crippen molar-refractivity contribution in [1.82, 2.24) is 15.2 Å². The van der Waals surface area contributed by atoms with E-state index in [0.717, 1.165) is 37.6 Å². The van der Waals surface area contributed by atoms with Crippen LogP contribution in [0.5, 0.6) is 0 Å². The second-order valence-electron chi connectivity index (χ2n) is 5.29. The monoisotopic (exact) mass is 357 g/mol. The first kappa shape index (κ1) is 17.7. The van der Waals surface area contributed by atoms with Gasteiger partial charge in [0, 0.05) is 48.3 Å². The molecule has 3 rings (SSSR count). The number of aryl methyl sites for hydroxylation is 1. The lowest BCUT2D eigenvalue weighted by molar-refractivity contribution is 0.155. The fourth-order valence-corrected chi connectivity index (χ4v) is 3.92. The summed E-state index contributed by atoms with van der Waals surface area (Å²) in [6, 6.07) is 8.50. The van der Waals surface area contributed by atoms with Gasteiger partial charge in [0.05, 0.1) is 5.01 Å². The summed E-state index contributed by atoms with van der Waals surface area (Å²) in [5.74, 6) is 0. The number of nitrogens with zero attached hydrogens (tertiary/aromatic N) is 2. The van der Waals surface area contributed by atoms with Crippen molar-refractivity contribution in [3.05, 3.63) is 50.9 Å². The van der Waals surface area contributed by atoms with Gasteiger partial charge < -0.3 is 5.32 Å². The highest BCUT2D eigenvalue weighted by Gasteiger charge is 2.25. The maximum absolute atomic E-state index is 6.39. The molecular weight excluding hydrogens is 337 g/mol. The molecule has 0 amide bonds. The van der Waals surface area contributed by atoms with Gasteiger partial charge in [-0.1, -0.05) is 36.7 Å². The van der Waals surface area contributed by atoms with Crippen LogP contribution in [0, 0.1) is 0 Å². The molecule has 0 spiro atoms.